The van der Waals surface area contributed by atoms with E-state index in [9.17, 15) is 9.59 Å². The lowest BCUT2D eigenvalue weighted by Crippen LogP contribution is -2.44. The molecule has 0 radical (unpaired) electrons. The van der Waals surface area contributed by atoms with Crippen LogP contribution in [-0.4, -0.2) is 50.7 Å². The van der Waals surface area contributed by atoms with Crippen molar-refractivity contribution in [3.8, 4) is 0 Å². The van der Waals surface area contributed by atoms with E-state index in [1.165, 1.54) is 0 Å². The van der Waals surface area contributed by atoms with Crippen LogP contribution in [-0.2, 0) is 11.3 Å². The highest BCUT2D eigenvalue weighted by Gasteiger charge is 2.31. The lowest BCUT2D eigenvalue weighted by Gasteiger charge is -2.31. The average Bonchev–Trinajstić information content (AvgIpc) is 2.87. The number of aromatic nitrogens is 2. The van der Waals surface area contributed by atoms with E-state index in [1.807, 2.05) is 49.1 Å². The van der Waals surface area contributed by atoms with Crippen LogP contribution < -0.4 is 0 Å². The number of nitrogens with zero attached hydrogens (tertiary/aromatic N) is 4. The van der Waals surface area contributed by atoms with E-state index in [1.54, 1.807) is 17.2 Å². The second-order valence-corrected chi connectivity index (χ2v) is 7.53. The minimum atomic E-state index is -0.128. The van der Waals surface area contributed by atoms with Crippen molar-refractivity contribution in [2.24, 2.45) is 0 Å². The Kier molecular flexibility index (Phi) is 6.39. The second-order valence-electron chi connectivity index (χ2n) is 7.53. The van der Waals surface area contributed by atoms with E-state index in [0.29, 0.717) is 37.6 Å². The van der Waals surface area contributed by atoms with Gasteiger partial charge in [-0.3, -0.25) is 9.59 Å². The molecule has 28 heavy (non-hydrogen) atoms. The van der Waals surface area contributed by atoms with E-state index in [4.69, 9.17) is 0 Å². The van der Waals surface area contributed by atoms with Gasteiger partial charge < -0.3 is 9.80 Å². The van der Waals surface area contributed by atoms with Crippen molar-refractivity contribution in [2.45, 2.75) is 52.1 Å². The molecule has 0 unspecified atom stereocenters. The van der Waals surface area contributed by atoms with Crippen molar-refractivity contribution in [3.63, 3.8) is 0 Å². The standard InChI is InChI=1S/C22H28N4O2/c1-4-18-15-25(22(28)19-10-12-23-21(24-19)16(2)3)13-11-20(27)26(18)14-17-8-6-5-7-9-17/h5-10,12,16,18H,4,11,13-15H2,1-3H3/t18-/m0/s1. The lowest BCUT2D eigenvalue weighted by atomic mass is 10.1. The normalized spacial score (nSPS) is 17.7. The van der Waals surface area contributed by atoms with Crippen molar-refractivity contribution in [1.29, 1.82) is 0 Å². The van der Waals surface area contributed by atoms with E-state index >= 15 is 0 Å². The van der Waals surface area contributed by atoms with Crippen LogP contribution in [0.25, 0.3) is 0 Å². The van der Waals surface area contributed by atoms with Crippen molar-refractivity contribution in [1.82, 2.24) is 19.8 Å². The van der Waals surface area contributed by atoms with Crippen molar-refractivity contribution in [2.75, 3.05) is 13.1 Å². The summed E-state index contributed by atoms with van der Waals surface area (Å²) in [5, 5.41) is 0. The van der Waals surface area contributed by atoms with Crippen molar-refractivity contribution < 1.29 is 9.59 Å². The number of hydrogen-bond donors (Lipinski definition) is 0. The zero-order chi connectivity index (χ0) is 20.1. The van der Waals surface area contributed by atoms with Gasteiger partial charge in [-0.15, -0.1) is 0 Å². The van der Waals surface area contributed by atoms with Gasteiger partial charge in [0.2, 0.25) is 5.91 Å². The summed E-state index contributed by atoms with van der Waals surface area (Å²) in [7, 11) is 0. The molecule has 6 nitrogen and oxygen atoms in total. The number of carbonyl (C=O) groups is 2. The summed E-state index contributed by atoms with van der Waals surface area (Å²) in [5.41, 5.74) is 1.50. The summed E-state index contributed by atoms with van der Waals surface area (Å²) >= 11 is 0. The maximum absolute atomic E-state index is 13.1. The summed E-state index contributed by atoms with van der Waals surface area (Å²) < 4.78 is 0. The first-order chi connectivity index (χ1) is 13.5. The van der Waals surface area contributed by atoms with Crippen LogP contribution in [0.2, 0.25) is 0 Å². The maximum Gasteiger partial charge on any atom is 0.272 e. The SMILES string of the molecule is CC[C@H]1CN(C(=O)c2ccnc(C(C)C)n2)CCC(=O)N1Cc1ccccc1. The van der Waals surface area contributed by atoms with E-state index < -0.39 is 0 Å². The molecular formula is C22H28N4O2. The molecule has 1 aromatic carbocycles. The van der Waals surface area contributed by atoms with Gasteiger partial charge >= 0.3 is 0 Å². The largest absolute Gasteiger partial charge is 0.335 e. The molecule has 2 aromatic rings. The average molecular weight is 380 g/mol. The number of carbonyl (C=O) groups excluding carboxylic acids is 2. The second kappa shape index (κ2) is 8.95. The molecule has 0 spiro atoms. The van der Waals surface area contributed by atoms with Gasteiger partial charge in [-0.05, 0) is 18.1 Å². The quantitative estimate of drug-likeness (QED) is 0.799. The lowest BCUT2D eigenvalue weighted by molar-refractivity contribution is -0.133. The Bertz CT molecular complexity index is 822. The number of benzene rings is 1. The van der Waals surface area contributed by atoms with Gasteiger partial charge in [0.15, 0.2) is 0 Å². The fraction of sp³-hybridized carbons (Fsp3) is 0.455. The summed E-state index contributed by atoms with van der Waals surface area (Å²) in [5.74, 6) is 0.784. The van der Waals surface area contributed by atoms with Gasteiger partial charge in [-0.1, -0.05) is 51.1 Å². The molecule has 148 valence electrons. The molecule has 1 atom stereocenters. The third kappa shape index (κ3) is 4.55. The molecule has 0 aliphatic carbocycles. The predicted octanol–water partition coefficient (Wildman–Crippen LogP) is 3.25. The van der Waals surface area contributed by atoms with Crippen LogP contribution in [0.3, 0.4) is 0 Å². The van der Waals surface area contributed by atoms with Crippen LogP contribution in [0.5, 0.6) is 0 Å². The molecule has 0 bridgehead atoms. The molecule has 3 rings (SSSR count). The van der Waals surface area contributed by atoms with Crippen LogP contribution in [0.4, 0.5) is 0 Å². The van der Waals surface area contributed by atoms with Crippen LogP contribution in [0.1, 0.15) is 61.4 Å². The molecule has 0 N–H and O–H groups in total. The minimum absolute atomic E-state index is 0.00874. The Balaban J connectivity index is 1.79. The molecule has 1 saturated heterocycles. The monoisotopic (exact) mass is 380 g/mol. The number of rotatable bonds is 5. The van der Waals surface area contributed by atoms with Crippen LogP contribution in [0, 0.1) is 0 Å². The van der Waals surface area contributed by atoms with Crippen molar-refractivity contribution in [3.05, 3.63) is 59.7 Å². The highest BCUT2D eigenvalue weighted by atomic mass is 16.2. The molecule has 2 heterocycles. The predicted molar refractivity (Wildman–Crippen MR) is 108 cm³/mol. The van der Waals surface area contributed by atoms with Gasteiger partial charge in [0.1, 0.15) is 11.5 Å². The van der Waals surface area contributed by atoms with Gasteiger partial charge in [0.25, 0.3) is 5.91 Å². The van der Waals surface area contributed by atoms with Crippen molar-refractivity contribution >= 4 is 11.8 Å². The van der Waals surface area contributed by atoms with E-state index in [0.717, 1.165) is 12.0 Å². The first-order valence-electron chi connectivity index (χ1n) is 9.95. The molecule has 2 amide bonds. The fourth-order valence-electron chi connectivity index (χ4n) is 3.49. The molecule has 1 aliphatic heterocycles. The molecule has 0 saturated carbocycles. The van der Waals surface area contributed by atoms with E-state index in [-0.39, 0.29) is 23.8 Å². The molecule has 1 aliphatic rings. The third-order valence-corrected chi connectivity index (χ3v) is 5.15. The van der Waals surface area contributed by atoms with Crippen LogP contribution in [0.15, 0.2) is 42.6 Å². The number of amides is 2. The smallest absolute Gasteiger partial charge is 0.272 e. The highest BCUT2D eigenvalue weighted by Crippen LogP contribution is 2.19. The summed E-state index contributed by atoms with van der Waals surface area (Å²) in [6, 6.07) is 11.6. The molecular weight excluding hydrogens is 352 g/mol. The molecule has 1 fully saturated rings. The molecule has 6 heteroatoms. The van der Waals surface area contributed by atoms with Gasteiger partial charge in [0, 0.05) is 44.2 Å². The first kappa shape index (κ1) is 20.0. The zero-order valence-electron chi connectivity index (χ0n) is 16.8. The Hall–Kier alpha value is -2.76. The third-order valence-electron chi connectivity index (χ3n) is 5.15. The Morgan fingerprint density at radius 2 is 1.96 bits per heavy atom. The van der Waals surface area contributed by atoms with Gasteiger partial charge in [-0.25, -0.2) is 9.97 Å². The van der Waals surface area contributed by atoms with Crippen LogP contribution >= 0.6 is 0 Å². The highest BCUT2D eigenvalue weighted by molar-refractivity contribution is 5.93. The Morgan fingerprint density at radius 1 is 1.21 bits per heavy atom. The van der Waals surface area contributed by atoms with Gasteiger partial charge in [-0.2, -0.15) is 0 Å². The Morgan fingerprint density at radius 3 is 2.64 bits per heavy atom. The topological polar surface area (TPSA) is 66.4 Å². The number of hydrogen-bond acceptors (Lipinski definition) is 4. The summed E-state index contributed by atoms with van der Waals surface area (Å²) in [6.45, 7) is 7.58. The van der Waals surface area contributed by atoms with E-state index in [2.05, 4.69) is 16.9 Å². The summed E-state index contributed by atoms with van der Waals surface area (Å²) in [4.78, 5) is 38.2. The minimum Gasteiger partial charge on any atom is -0.335 e. The summed E-state index contributed by atoms with van der Waals surface area (Å²) in [6.07, 6.45) is 2.76. The van der Waals surface area contributed by atoms with Gasteiger partial charge in [0.05, 0.1) is 0 Å². The maximum atomic E-state index is 13.1. The first-order valence-corrected chi connectivity index (χ1v) is 9.95. The zero-order valence-corrected chi connectivity index (χ0v) is 16.8. The Labute approximate surface area is 166 Å². The molecule has 1 aromatic heterocycles. The fourth-order valence-corrected chi connectivity index (χ4v) is 3.49.